The van der Waals surface area contributed by atoms with Crippen molar-refractivity contribution >= 4 is 5.91 Å². The largest absolute Gasteiger partial charge is 0.486 e. The van der Waals surface area contributed by atoms with Crippen LogP contribution < -0.4 is 19.5 Å². The average Bonchev–Trinajstić information content (AvgIpc) is 2.63. The van der Waals surface area contributed by atoms with Gasteiger partial charge in [-0.1, -0.05) is 24.3 Å². The van der Waals surface area contributed by atoms with Crippen LogP contribution in [0.4, 0.5) is 0 Å². The number of benzene rings is 2. The molecule has 25 heavy (non-hydrogen) atoms. The fourth-order valence-electron chi connectivity index (χ4n) is 2.68. The SMILES string of the molecule is Cc1ccccc1O[C@@H](C)C(=O)N[C@@H](C)c1ccc2c(c1)OCCO2. The molecule has 0 saturated heterocycles. The van der Waals surface area contributed by atoms with Crippen molar-refractivity contribution in [1.29, 1.82) is 0 Å². The third-order valence-electron chi connectivity index (χ3n) is 4.19. The van der Waals surface area contributed by atoms with Crippen LogP contribution in [0.5, 0.6) is 17.2 Å². The Morgan fingerprint density at radius 2 is 1.80 bits per heavy atom. The molecule has 5 nitrogen and oxygen atoms in total. The van der Waals surface area contributed by atoms with E-state index in [0.717, 1.165) is 22.6 Å². The summed E-state index contributed by atoms with van der Waals surface area (Å²) in [6.45, 7) is 6.74. The van der Waals surface area contributed by atoms with E-state index in [0.29, 0.717) is 19.0 Å². The van der Waals surface area contributed by atoms with Gasteiger partial charge in [0.25, 0.3) is 5.91 Å². The molecule has 132 valence electrons. The molecule has 2 aromatic rings. The summed E-state index contributed by atoms with van der Waals surface area (Å²) in [7, 11) is 0. The van der Waals surface area contributed by atoms with Gasteiger partial charge in [0.15, 0.2) is 17.6 Å². The second-order valence-corrected chi connectivity index (χ2v) is 6.16. The minimum Gasteiger partial charge on any atom is -0.486 e. The molecule has 0 unspecified atom stereocenters. The van der Waals surface area contributed by atoms with Crippen LogP contribution in [0, 0.1) is 6.92 Å². The predicted octanol–water partition coefficient (Wildman–Crippen LogP) is 3.41. The standard InChI is InChI=1S/C20H23NO4/c1-13-6-4-5-7-17(13)25-15(3)20(22)21-14(2)16-8-9-18-19(12-16)24-11-10-23-18/h4-9,12,14-15H,10-11H2,1-3H3,(H,21,22)/t14-,15-/m0/s1. The number of amides is 1. The molecule has 0 radical (unpaired) electrons. The highest BCUT2D eigenvalue weighted by molar-refractivity contribution is 5.81. The van der Waals surface area contributed by atoms with Crippen LogP contribution in [0.1, 0.15) is 31.0 Å². The summed E-state index contributed by atoms with van der Waals surface area (Å²) >= 11 is 0. The Bertz CT molecular complexity index is 759. The highest BCUT2D eigenvalue weighted by Gasteiger charge is 2.20. The van der Waals surface area contributed by atoms with E-state index in [2.05, 4.69) is 5.32 Å². The summed E-state index contributed by atoms with van der Waals surface area (Å²) in [4.78, 5) is 12.4. The molecule has 1 aliphatic rings. The predicted molar refractivity (Wildman–Crippen MR) is 95.3 cm³/mol. The third-order valence-corrected chi connectivity index (χ3v) is 4.19. The molecule has 0 saturated carbocycles. The van der Waals surface area contributed by atoms with Gasteiger partial charge in [0.05, 0.1) is 6.04 Å². The number of carbonyl (C=O) groups excluding carboxylic acids is 1. The summed E-state index contributed by atoms with van der Waals surface area (Å²) in [5, 5.41) is 2.98. The Labute approximate surface area is 147 Å². The number of fused-ring (bicyclic) bond motifs is 1. The second-order valence-electron chi connectivity index (χ2n) is 6.16. The van der Waals surface area contributed by atoms with Crippen LogP contribution in [0.3, 0.4) is 0 Å². The highest BCUT2D eigenvalue weighted by Crippen LogP contribution is 2.32. The summed E-state index contributed by atoms with van der Waals surface area (Å²) < 4.78 is 16.9. The van der Waals surface area contributed by atoms with Crippen LogP contribution in [0.15, 0.2) is 42.5 Å². The fourth-order valence-corrected chi connectivity index (χ4v) is 2.68. The van der Waals surface area contributed by atoms with Gasteiger partial charge in [-0.3, -0.25) is 4.79 Å². The summed E-state index contributed by atoms with van der Waals surface area (Å²) in [5.74, 6) is 2.02. The van der Waals surface area contributed by atoms with Gasteiger partial charge in [-0.2, -0.15) is 0 Å². The smallest absolute Gasteiger partial charge is 0.261 e. The number of para-hydroxylation sites is 1. The lowest BCUT2D eigenvalue weighted by Crippen LogP contribution is -2.37. The lowest BCUT2D eigenvalue weighted by molar-refractivity contribution is -0.127. The van der Waals surface area contributed by atoms with E-state index >= 15 is 0 Å². The van der Waals surface area contributed by atoms with Crippen molar-refractivity contribution in [3.8, 4) is 17.2 Å². The first-order valence-corrected chi connectivity index (χ1v) is 8.47. The van der Waals surface area contributed by atoms with Crippen molar-refractivity contribution in [2.75, 3.05) is 13.2 Å². The zero-order valence-electron chi connectivity index (χ0n) is 14.7. The first-order valence-electron chi connectivity index (χ1n) is 8.47. The lowest BCUT2D eigenvalue weighted by Gasteiger charge is -2.22. The maximum absolute atomic E-state index is 12.4. The minimum atomic E-state index is -0.583. The van der Waals surface area contributed by atoms with E-state index < -0.39 is 6.10 Å². The summed E-state index contributed by atoms with van der Waals surface area (Å²) in [6.07, 6.45) is -0.583. The number of nitrogens with one attached hydrogen (secondary N) is 1. The molecular formula is C20H23NO4. The van der Waals surface area contributed by atoms with Gasteiger partial charge in [0, 0.05) is 0 Å². The van der Waals surface area contributed by atoms with E-state index in [9.17, 15) is 4.79 Å². The number of hydrogen-bond acceptors (Lipinski definition) is 4. The van der Waals surface area contributed by atoms with Gasteiger partial charge in [0.1, 0.15) is 19.0 Å². The zero-order chi connectivity index (χ0) is 17.8. The Hall–Kier alpha value is -2.69. The Morgan fingerprint density at radius 1 is 1.08 bits per heavy atom. The number of hydrogen-bond donors (Lipinski definition) is 1. The molecule has 5 heteroatoms. The molecule has 3 rings (SSSR count). The maximum atomic E-state index is 12.4. The first-order chi connectivity index (χ1) is 12.0. The van der Waals surface area contributed by atoms with Crippen molar-refractivity contribution in [3.05, 3.63) is 53.6 Å². The molecule has 0 bridgehead atoms. The van der Waals surface area contributed by atoms with Crippen molar-refractivity contribution in [2.24, 2.45) is 0 Å². The third kappa shape index (κ3) is 4.05. The summed E-state index contributed by atoms with van der Waals surface area (Å²) in [5.41, 5.74) is 1.96. The normalized spacial score (nSPS) is 15.2. The molecule has 1 heterocycles. The molecule has 1 N–H and O–H groups in total. The van der Waals surface area contributed by atoms with Crippen LogP contribution in [-0.2, 0) is 4.79 Å². The van der Waals surface area contributed by atoms with Crippen LogP contribution in [0.25, 0.3) is 0 Å². The number of aryl methyl sites for hydroxylation is 1. The van der Waals surface area contributed by atoms with Gasteiger partial charge in [-0.25, -0.2) is 0 Å². The topological polar surface area (TPSA) is 56.8 Å². The van der Waals surface area contributed by atoms with E-state index in [-0.39, 0.29) is 11.9 Å². The maximum Gasteiger partial charge on any atom is 0.261 e. The lowest BCUT2D eigenvalue weighted by atomic mass is 10.1. The summed E-state index contributed by atoms with van der Waals surface area (Å²) in [6, 6.07) is 13.2. The average molecular weight is 341 g/mol. The molecule has 1 aliphatic heterocycles. The van der Waals surface area contributed by atoms with Crippen molar-refractivity contribution in [3.63, 3.8) is 0 Å². The molecular weight excluding hydrogens is 318 g/mol. The fraction of sp³-hybridized carbons (Fsp3) is 0.350. The first kappa shape index (κ1) is 17.1. The van der Waals surface area contributed by atoms with Gasteiger partial charge in [0.2, 0.25) is 0 Å². The quantitative estimate of drug-likeness (QED) is 0.905. The van der Waals surface area contributed by atoms with Gasteiger partial charge < -0.3 is 19.5 Å². The van der Waals surface area contributed by atoms with Gasteiger partial charge in [-0.15, -0.1) is 0 Å². The van der Waals surface area contributed by atoms with E-state index in [4.69, 9.17) is 14.2 Å². The number of rotatable bonds is 5. The monoisotopic (exact) mass is 341 g/mol. The molecule has 1 amide bonds. The Morgan fingerprint density at radius 3 is 2.56 bits per heavy atom. The molecule has 0 aromatic heterocycles. The number of carbonyl (C=O) groups is 1. The van der Waals surface area contributed by atoms with E-state index in [1.54, 1.807) is 6.92 Å². The van der Waals surface area contributed by atoms with Crippen LogP contribution in [0.2, 0.25) is 0 Å². The minimum absolute atomic E-state index is 0.161. The van der Waals surface area contributed by atoms with Crippen molar-refractivity contribution in [2.45, 2.75) is 32.9 Å². The number of ether oxygens (including phenoxy) is 3. The van der Waals surface area contributed by atoms with E-state index in [1.807, 2.05) is 56.3 Å². The van der Waals surface area contributed by atoms with Crippen LogP contribution in [-0.4, -0.2) is 25.2 Å². The van der Waals surface area contributed by atoms with Crippen molar-refractivity contribution < 1.29 is 19.0 Å². The second kappa shape index (κ2) is 7.47. The van der Waals surface area contributed by atoms with Gasteiger partial charge >= 0.3 is 0 Å². The highest BCUT2D eigenvalue weighted by atomic mass is 16.6. The zero-order valence-corrected chi connectivity index (χ0v) is 14.7. The molecule has 2 aromatic carbocycles. The van der Waals surface area contributed by atoms with Crippen molar-refractivity contribution in [1.82, 2.24) is 5.32 Å². The van der Waals surface area contributed by atoms with E-state index in [1.165, 1.54) is 0 Å². The Balaban J connectivity index is 1.63. The molecule has 2 atom stereocenters. The Kier molecular flexibility index (Phi) is 5.12. The van der Waals surface area contributed by atoms with Gasteiger partial charge in [-0.05, 0) is 50.1 Å². The molecule has 0 spiro atoms. The molecule has 0 aliphatic carbocycles. The molecule has 0 fully saturated rings. The van der Waals surface area contributed by atoms with Crippen LogP contribution >= 0.6 is 0 Å².